The lowest BCUT2D eigenvalue weighted by Crippen LogP contribution is -2.68. The monoisotopic (exact) mass is 522 g/mol. The van der Waals surface area contributed by atoms with Crippen molar-refractivity contribution in [1.29, 1.82) is 0 Å². The van der Waals surface area contributed by atoms with Gasteiger partial charge in [-0.25, -0.2) is 14.6 Å². The van der Waals surface area contributed by atoms with Gasteiger partial charge in [-0.3, -0.25) is 9.80 Å². The highest BCUT2D eigenvalue weighted by Gasteiger charge is 2.47. The number of nitrogens with zero attached hydrogens (tertiary/aromatic N) is 6. The smallest absolute Gasteiger partial charge is 0.164 e. The third-order valence-electron chi connectivity index (χ3n) is 9.41. The maximum Gasteiger partial charge on any atom is 0.164 e. The molecule has 0 amide bonds. The fourth-order valence-electron chi connectivity index (χ4n) is 7.11. The maximum atomic E-state index is 6.41. The summed E-state index contributed by atoms with van der Waals surface area (Å²) in [6, 6.07) is 19.7. The van der Waals surface area contributed by atoms with Crippen LogP contribution in [0.25, 0.3) is 22.3 Å². The van der Waals surface area contributed by atoms with Crippen molar-refractivity contribution >= 4 is 16.9 Å². The van der Waals surface area contributed by atoms with Crippen molar-refractivity contribution in [3.8, 4) is 22.8 Å². The number of hydrogen-bond acceptors (Lipinski definition) is 8. The van der Waals surface area contributed by atoms with Gasteiger partial charge in [0.15, 0.2) is 5.65 Å². The van der Waals surface area contributed by atoms with E-state index in [4.69, 9.17) is 15.6 Å². The summed E-state index contributed by atoms with van der Waals surface area (Å²) < 4.78 is 8.14. The SMILES string of the molecule is Nc1ncnc2c1c(-c1ccc(Oc3ccccc3)cc1)nn2C1CC2CN(C3CN(C4CNC4)C3)CC2C1. The number of nitrogens with one attached hydrogen (secondary N) is 1. The summed E-state index contributed by atoms with van der Waals surface area (Å²) in [5.74, 6) is 3.53. The molecule has 9 heteroatoms. The lowest BCUT2D eigenvalue weighted by atomic mass is 10.0. The summed E-state index contributed by atoms with van der Waals surface area (Å²) in [5, 5.41) is 9.38. The van der Waals surface area contributed by atoms with Gasteiger partial charge in [0.2, 0.25) is 0 Å². The van der Waals surface area contributed by atoms with Gasteiger partial charge in [-0.15, -0.1) is 0 Å². The van der Waals surface area contributed by atoms with Crippen LogP contribution in [0.1, 0.15) is 18.9 Å². The van der Waals surface area contributed by atoms with Crippen molar-refractivity contribution in [1.82, 2.24) is 34.9 Å². The highest BCUT2D eigenvalue weighted by atomic mass is 16.5. The molecule has 5 heterocycles. The fourth-order valence-corrected chi connectivity index (χ4v) is 7.11. The van der Waals surface area contributed by atoms with Crippen molar-refractivity contribution in [3.63, 3.8) is 0 Å². The molecule has 3 aliphatic heterocycles. The van der Waals surface area contributed by atoms with E-state index in [1.165, 1.54) is 39.3 Å². The second-order valence-electron chi connectivity index (χ2n) is 11.7. The van der Waals surface area contributed by atoms with Gasteiger partial charge in [0.25, 0.3) is 0 Å². The minimum absolute atomic E-state index is 0.340. The van der Waals surface area contributed by atoms with E-state index in [9.17, 15) is 0 Å². The average molecular weight is 523 g/mol. The Labute approximate surface area is 228 Å². The van der Waals surface area contributed by atoms with Crippen LogP contribution >= 0.6 is 0 Å². The molecule has 2 atom stereocenters. The van der Waals surface area contributed by atoms with Gasteiger partial charge in [0.05, 0.1) is 11.4 Å². The molecule has 39 heavy (non-hydrogen) atoms. The molecule has 0 radical (unpaired) electrons. The number of aromatic nitrogens is 4. The normalized spacial score (nSPS) is 26.0. The lowest BCUT2D eigenvalue weighted by molar-refractivity contribution is -0.00443. The quantitative estimate of drug-likeness (QED) is 0.398. The Morgan fingerprint density at radius 2 is 1.46 bits per heavy atom. The van der Waals surface area contributed by atoms with Crippen LogP contribution in [0.15, 0.2) is 60.9 Å². The third-order valence-corrected chi connectivity index (χ3v) is 9.41. The number of fused-ring (bicyclic) bond motifs is 2. The zero-order valence-electron chi connectivity index (χ0n) is 22.0. The minimum Gasteiger partial charge on any atom is -0.457 e. The van der Waals surface area contributed by atoms with E-state index < -0.39 is 0 Å². The number of nitrogen functional groups attached to an aromatic ring is 1. The zero-order chi connectivity index (χ0) is 25.9. The van der Waals surface area contributed by atoms with Crippen molar-refractivity contribution in [2.24, 2.45) is 11.8 Å². The van der Waals surface area contributed by atoms with Crippen LogP contribution in [0, 0.1) is 11.8 Å². The first kappa shape index (κ1) is 23.4. The number of anilines is 1. The Balaban J connectivity index is 1.00. The number of para-hydroxylation sites is 1. The van der Waals surface area contributed by atoms with Gasteiger partial charge in [-0.1, -0.05) is 18.2 Å². The Morgan fingerprint density at radius 1 is 0.769 bits per heavy atom. The second-order valence-corrected chi connectivity index (χ2v) is 11.7. The number of likely N-dealkylation sites (tertiary alicyclic amines) is 2. The van der Waals surface area contributed by atoms with Crippen LogP contribution in [0.5, 0.6) is 11.5 Å². The van der Waals surface area contributed by atoms with Crippen molar-refractivity contribution < 1.29 is 4.74 Å². The number of hydrogen-bond donors (Lipinski definition) is 2. The van der Waals surface area contributed by atoms with Gasteiger partial charge in [0, 0.05) is 56.9 Å². The summed E-state index contributed by atoms with van der Waals surface area (Å²) in [7, 11) is 0. The van der Waals surface area contributed by atoms with Gasteiger partial charge in [-0.2, -0.15) is 5.10 Å². The van der Waals surface area contributed by atoms with Crippen molar-refractivity contribution in [2.45, 2.75) is 31.0 Å². The van der Waals surface area contributed by atoms with E-state index >= 15 is 0 Å². The summed E-state index contributed by atoms with van der Waals surface area (Å²) in [6.07, 6.45) is 3.86. The zero-order valence-corrected chi connectivity index (χ0v) is 22.0. The topological polar surface area (TPSA) is 97.4 Å². The van der Waals surface area contributed by atoms with Crippen LogP contribution in [0.3, 0.4) is 0 Å². The summed E-state index contributed by atoms with van der Waals surface area (Å²) in [5.41, 5.74) is 9.08. The minimum atomic E-state index is 0.340. The number of nitrogens with two attached hydrogens (primary N) is 1. The molecule has 9 nitrogen and oxygen atoms in total. The Bertz CT molecular complexity index is 1460. The molecule has 2 aromatic heterocycles. The molecule has 0 bridgehead atoms. The Morgan fingerprint density at radius 3 is 2.15 bits per heavy atom. The highest BCUT2D eigenvalue weighted by molar-refractivity contribution is 5.98. The van der Waals surface area contributed by atoms with Gasteiger partial charge in [-0.05, 0) is 61.1 Å². The molecule has 1 aliphatic carbocycles. The van der Waals surface area contributed by atoms with Crippen LogP contribution in [-0.2, 0) is 0 Å². The van der Waals surface area contributed by atoms with E-state index in [0.717, 1.165) is 70.6 Å². The average Bonchev–Trinajstić information content (AvgIpc) is 3.58. The Kier molecular flexibility index (Phi) is 5.57. The molecule has 4 aromatic rings. The van der Waals surface area contributed by atoms with E-state index in [2.05, 4.69) is 29.8 Å². The molecule has 2 aromatic carbocycles. The number of rotatable bonds is 6. The Hall–Kier alpha value is -3.53. The highest BCUT2D eigenvalue weighted by Crippen LogP contribution is 2.46. The molecule has 0 spiro atoms. The summed E-state index contributed by atoms with van der Waals surface area (Å²) >= 11 is 0. The van der Waals surface area contributed by atoms with Gasteiger partial charge >= 0.3 is 0 Å². The fraction of sp³-hybridized carbons (Fsp3) is 0.433. The molecule has 3 saturated heterocycles. The van der Waals surface area contributed by atoms with Crippen LogP contribution in [0.4, 0.5) is 5.82 Å². The first-order valence-electron chi connectivity index (χ1n) is 14.2. The standard InChI is InChI=1S/C30H34N8O/c31-29-27-28(19-6-8-26(9-7-19)39-25-4-2-1-3-5-25)35-38(30(27)34-18-33-29)22-10-20-14-36(15-21(20)11-22)24-16-37(17-24)23-12-32-13-23/h1-9,18,20-24,32H,10-17H2,(H2,31,33,34). The van der Waals surface area contributed by atoms with Crippen LogP contribution in [-0.4, -0.2) is 80.9 Å². The predicted octanol–water partition coefficient (Wildman–Crippen LogP) is 3.41. The van der Waals surface area contributed by atoms with Crippen molar-refractivity contribution in [3.05, 3.63) is 60.9 Å². The predicted molar refractivity (Wildman–Crippen MR) is 151 cm³/mol. The van der Waals surface area contributed by atoms with Gasteiger partial charge in [0.1, 0.15) is 29.3 Å². The second kappa shape index (κ2) is 9.29. The lowest BCUT2D eigenvalue weighted by Gasteiger charge is -2.51. The molecule has 1 saturated carbocycles. The van der Waals surface area contributed by atoms with E-state index in [-0.39, 0.29) is 0 Å². The van der Waals surface area contributed by atoms with E-state index in [0.29, 0.717) is 11.9 Å². The molecule has 8 rings (SSSR count). The molecule has 2 unspecified atom stereocenters. The van der Waals surface area contributed by atoms with E-state index in [1.807, 2.05) is 54.6 Å². The maximum absolute atomic E-state index is 6.41. The molecule has 3 N–H and O–H groups in total. The van der Waals surface area contributed by atoms with Crippen molar-refractivity contribution in [2.75, 3.05) is 45.0 Å². The molecular weight excluding hydrogens is 488 g/mol. The van der Waals surface area contributed by atoms with Gasteiger partial charge < -0.3 is 15.8 Å². The summed E-state index contributed by atoms with van der Waals surface area (Å²) in [4.78, 5) is 14.4. The number of benzene rings is 2. The van der Waals surface area contributed by atoms with Crippen LogP contribution in [0.2, 0.25) is 0 Å². The van der Waals surface area contributed by atoms with E-state index in [1.54, 1.807) is 6.33 Å². The largest absolute Gasteiger partial charge is 0.457 e. The first-order chi connectivity index (χ1) is 19.2. The third kappa shape index (κ3) is 4.07. The number of ether oxygens (including phenoxy) is 1. The summed E-state index contributed by atoms with van der Waals surface area (Å²) in [6.45, 7) is 7.25. The van der Waals surface area contributed by atoms with Crippen LogP contribution < -0.4 is 15.8 Å². The first-order valence-corrected chi connectivity index (χ1v) is 14.2. The molecule has 4 fully saturated rings. The molecule has 200 valence electrons. The molecule has 4 aliphatic rings. The molecular formula is C30H34N8O.